The van der Waals surface area contributed by atoms with Gasteiger partial charge in [-0.25, -0.2) is 4.39 Å². The number of aryl methyl sites for hydroxylation is 1. The highest BCUT2D eigenvalue weighted by molar-refractivity contribution is 6.00. The number of halogens is 1. The molecule has 3 heterocycles. The van der Waals surface area contributed by atoms with Crippen LogP contribution in [0.2, 0.25) is 0 Å². The van der Waals surface area contributed by atoms with E-state index in [9.17, 15) is 4.39 Å². The lowest BCUT2D eigenvalue weighted by molar-refractivity contribution is 0.0392. The van der Waals surface area contributed by atoms with E-state index in [1.807, 2.05) is 13.0 Å². The molecule has 0 spiro atoms. The first-order valence-electron chi connectivity index (χ1n) is 9.95. The third kappa shape index (κ3) is 3.09. The molecular weight excluding hydrogens is 371 g/mol. The van der Waals surface area contributed by atoms with E-state index in [2.05, 4.69) is 20.5 Å². The molecular formula is C22H23FN4O2. The predicted molar refractivity (Wildman–Crippen MR) is 108 cm³/mol. The van der Waals surface area contributed by atoms with E-state index in [1.165, 1.54) is 26.0 Å². The lowest BCUT2D eigenvalue weighted by Gasteiger charge is -2.31. The number of aromatic nitrogens is 3. The molecule has 2 fully saturated rings. The second-order valence-electron chi connectivity index (χ2n) is 7.95. The van der Waals surface area contributed by atoms with Crippen molar-refractivity contribution in [1.29, 1.82) is 0 Å². The quantitative estimate of drug-likeness (QED) is 0.722. The minimum atomic E-state index is -0.385. The first-order valence-corrected chi connectivity index (χ1v) is 9.95. The Bertz CT molecular complexity index is 1060. The maximum absolute atomic E-state index is 14.9. The van der Waals surface area contributed by atoms with Gasteiger partial charge < -0.3 is 14.8 Å². The van der Waals surface area contributed by atoms with Crippen LogP contribution in [0.25, 0.3) is 22.0 Å². The van der Waals surface area contributed by atoms with Gasteiger partial charge in [-0.05, 0) is 43.5 Å². The number of fused-ring (bicyclic) bond motifs is 3. The highest BCUT2D eigenvalue weighted by atomic mass is 19.1. The van der Waals surface area contributed by atoms with Crippen LogP contribution in [0.5, 0.6) is 5.75 Å². The van der Waals surface area contributed by atoms with E-state index >= 15 is 0 Å². The third-order valence-corrected chi connectivity index (χ3v) is 6.13. The molecule has 1 N–H and O–H groups in total. The summed E-state index contributed by atoms with van der Waals surface area (Å²) in [5.74, 6) is 1.74. The minimum Gasteiger partial charge on any atom is -0.496 e. The summed E-state index contributed by atoms with van der Waals surface area (Å²) < 4.78 is 26.0. The van der Waals surface area contributed by atoms with Crippen molar-refractivity contribution in [2.75, 3.05) is 25.6 Å². The van der Waals surface area contributed by atoms with Gasteiger partial charge in [0.15, 0.2) is 5.82 Å². The molecule has 150 valence electrons. The van der Waals surface area contributed by atoms with Gasteiger partial charge in [0.1, 0.15) is 17.3 Å². The summed E-state index contributed by atoms with van der Waals surface area (Å²) in [5, 5.41) is 14.1. The molecule has 0 radical (unpaired) electrons. The van der Waals surface area contributed by atoms with Crippen molar-refractivity contribution in [2.24, 2.45) is 11.8 Å². The van der Waals surface area contributed by atoms with Crippen LogP contribution < -0.4 is 10.1 Å². The van der Waals surface area contributed by atoms with Crippen molar-refractivity contribution in [2.45, 2.75) is 25.8 Å². The van der Waals surface area contributed by atoms with Gasteiger partial charge in [-0.15, -0.1) is 10.2 Å². The largest absolute Gasteiger partial charge is 0.496 e. The highest BCUT2D eigenvalue weighted by Crippen LogP contribution is 2.40. The summed E-state index contributed by atoms with van der Waals surface area (Å²) in [4.78, 5) is 4.25. The number of ether oxygens (including phenoxy) is 2. The van der Waals surface area contributed by atoms with Crippen LogP contribution in [0.4, 0.5) is 10.2 Å². The van der Waals surface area contributed by atoms with E-state index in [0.717, 1.165) is 29.5 Å². The molecule has 1 aliphatic carbocycles. The number of hydrogen-bond donors (Lipinski definition) is 1. The van der Waals surface area contributed by atoms with Gasteiger partial charge in [-0.1, -0.05) is 0 Å². The summed E-state index contributed by atoms with van der Waals surface area (Å²) in [6.07, 6.45) is 5.76. The number of nitrogens with zero attached hydrogens (tertiary/aromatic N) is 3. The van der Waals surface area contributed by atoms with Crippen LogP contribution in [0, 0.1) is 24.6 Å². The average Bonchev–Trinajstić information content (AvgIpc) is 2.94. The monoisotopic (exact) mass is 394 g/mol. The molecule has 7 heteroatoms. The molecule has 2 aliphatic rings. The van der Waals surface area contributed by atoms with Gasteiger partial charge in [-0.2, -0.15) is 0 Å². The average molecular weight is 394 g/mol. The van der Waals surface area contributed by atoms with E-state index in [-0.39, 0.29) is 5.82 Å². The van der Waals surface area contributed by atoms with Gasteiger partial charge >= 0.3 is 0 Å². The van der Waals surface area contributed by atoms with Crippen molar-refractivity contribution < 1.29 is 13.9 Å². The zero-order chi connectivity index (χ0) is 20.0. The SMILES string of the molecule is COc1cc(C)cc(F)c1-c1nnc(NC2[C@@H]3CC[C@H]2COC3)c2ccncc12. The summed E-state index contributed by atoms with van der Waals surface area (Å²) in [5.41, 5.74) is 1.52. The summed E-state index contributed by atoms with van der Waals surface area (Å²) in [6, 6.07) is 5.50. The molecule has 3 atom stereocenters. The molecule has 1 saturated carbocycles. The van der Waals surface area contributed by atoms with E-state index < -0.39 is 0 Å². The normalized spacial score (nSPS) is 23.3. The fourth-order valence-electron chi connectivity index (χ4n) is 4.70. The summed E-state index contributed by atoms with van der Waals surface area (Å²) in [6.45, 7) is 3.39. The number of nitrogens with one attached hydrogen (secondary N) is 1. The molecule has 5 rings (SSSR count). The lowest BCUT2D eigenvalue weighted by Crippen LogP contribution is -2.39. The molecule has 0 amide bonds. The number of anilines is 1. The highest BCUT2D eigenvalue weighted by Gasteiger charge is 2.40. The van der Waals surface area contributed by atoms with Crippen LogP contribution >= 0.6 is 0 Å². The van der Waals surface area contributed by atoms with Crippen LogP contribution in [-0.4, -0.2) is 41.5 Å². The Kier molecular flexibility index (Phi) is 4.54. The summed E-state index contributed by atoms with van der Waals surface area (Å²) >= 11 is 0. The van der Waals surface area contributed by atoms with Gasteiger partial charge in [0, 0.05) is 41.0 Å². The number of benzene rings is 1. The maximum atomic E-state index is 14.9. The van der Waals surface area contributed by atoms with Crippen molar-refractivity contribution in [3.05, 3.63) is 42.0 Å². The molecule has 2 aromatic heterocycles. The molecule has 1 saturated heterocycles. The molecule has 29 heavy (non-hydrogen) atoms. The summed E-state index contributed by atoms with van der Waals surface area (Å²) in [7, 11) is 1.53. The van der Waals surface area contributed by atoms with E-state index in [0.29, 0.717) is 40.7 Å². The first kappa shape index (κ1) is 18.2. The van der Waals surface area contributed by atoms with Gasteiger partial charge in [0.25, 0.3) is 0 Å². The van der Waals surface area contributed by atoms with Crippen molar-refractivity contribution in [3.8, 4) is 17.0 Å². The van der Waals surface area contributed by atoms with Gasteiger partial charge in [-0.3, -0.25) is 4.98 Å². The number of methoxy groups -OCH3 is 1. The zero-order valence-electron chi connectivity index (χ0n) is 16.5. The predicted octanol–water partition coefficient (Wildman–Crippen LogP) is 3.98. The zero-order valence-corrected chi connectivity index (χ0v) is 16.5. The van der Waals surface area contributed by atoms with Gasteiger partial charge in [0.05, 0.1) is 25.9 Å². The Morgan fingerprint density at radius 1 is 1.14 bits per heavy atom. The number of hydrogen-bond acceptors (Lipinski definition) is 6. The topological polar surface area (TPSA) is 69.2 Å². The van der Waals surface area contributed by atoms with E-state index in [4.69, 9.17) is 9.47 Å². The fourth-order valence-corrected chi connectivity index (χ4v) is 4.70. The Morgan fingerprint density at radius 2 is 1.93 bits per heavy atom. The molecule has 1 aromatic carbocycles. The minimum absolute atomic E-state index is 0.307. The Morgan fingerprint density at radius 3 is 2.69 bits per heavy atom. The van der Waals surface area contributed by atoms with Gasteiger partial charge in [0.2, 0.25) is 0 Å². The Labute approximate surface area is 168 Å². The smallest absolute Gasteiger partial charge is 0.156 e. The van der Waals surface area contributed by atoms with Crippen molar-refractivity contribution in [1.82, 2.24) is 15.2 Å². The Balaban J connectivity index is 1.61. The van der Waals surface area contributed by atoms with Crippen molar-refractivity contribution in [3.63, 3.8) is 0 Å². The molecule has 1 unspecified atom stereocenters. The maximum Gasteiger partial charge on any atom is 0.156 e. The third-order valence-electron chi connectivity index (χ3n) is 6.13. The second kappa shape index (κ2) is 7.22. The standard InChI is InChI=1S/C22H23FN4O2/c1-12-7-17(23)19(18(8-12)28-2)21-16-9-24-6-5-15(16)22(27-26-21)25-20-13-3-4-14(20)11-29-10-13/h5-9,13-14,20H,3-4,10-11H2,1-2H3,(H,25,27)/t13-,14+,20?. The molecule has 1 aliphatic heterocycles. The lowest BCUT2D eigenvalue weighted by atomic mass is 9.96. The second-order valence-corrected chi connectivity index (χ2v) is 7.95. The Hall–Kier alpha value is -2.80. The molecule has 3 aromatic rings. The van der Waals surface area contributed by atoms with Crippen LogP contribution in [0.15, 0.2) is 30.6 Å². The van der Waals surface area contributed by atoms with E-state index in [1.54, 1.807) is 18.5 Å². The fraction of sp³-hybridized carbons (Fsp3) is 0.409. The van der Waals surface area contributed by atoms with Crippen LogP contribution in [0.1, 0.15) is 18.4 Å². The van der Waals surface area contributed by atoms with Crippen LogP contribution in [-0.2, 0) is 4.74 Å². The molecule has 6 nitrogen and oxygen atoms in total. The molecule has 2 bridgehead atoms. The number of rotatable bonds is 4. The first-order chi connectivity index (χ1) is 14.2. The number of pyridine rings is 1. The van der Waals surface area contributed by atoms with Crippen molar-refractivity contribution >= 4 is 16.6 Å². The van der Waals surface area contributed by atoms with Crippen LogP contribution in [0.3, 0.4) is 0 Å².